The first-order valence-corrected chi connectivity index (χ1v) is 6.14. The van der Waals surface area contributed by atoms with Crippen LogP contribution in [0.5, 0.6) is 0 Å². The molecule has 1 aliphatic rings. The lowest BCUT2D eigenvalue weighted by molar-refractivity contribution is -0.385. The number of carbonyl (C=O) groups is 1. The van der Waals surface area contributed by atoms with E-state index < -0.39 is 10.8 Å². The lowest BCUT2D eigenvalue weighted by Crippen LogP contribution is -2.33. The molecule has 0 aromatic carbocycles. The standard InChI is InChI=1S/C12H12ClN3O3/c1-2-5-15(8-3-4-8)12(17)9-6-11(13)14-7-10(9)16(18)19/h2,6-8H,1,3-5H2. The van der Waals surface area contributed by atoms with Crippen LogP contribution < -0.4 is 0 Å². The van der Waals surface area contributed by atoms with Crippen LogP contribution >= 0.6 is 11.6 Å². The number of hydrogen-bond acceptors (Lipinski definition) is 4. The minimum atomic E-state index is -0.629. The van der Waals surface area contributed by atoms with E-state index in [0.29, 0.717) is 6.54 Å². The highest BCUT2D eigenvalue weighted by Crippen LogP contribution is 2.30. The van der Waals surface area contributed by atoms with Crippen molar-refractivity contribution in [2.24, 2.45) is 0 Å². The van der Waals surface area contributed by atoms with Gasteiger partial charge < -0.3 is 4.90 Å². The predicted octanol–water partition coefficient (Wildman–Crippen LogP) is 2.43. The third kappa shape index (κ3) is 2.90. The number of rotatable bonds is 5. The van der Waals surface area contributed by atoms with Gasteiger partial charge in [0, 0.05) is 12.6 Å². The molecule has 0 aliphatic heterocycles. The Morgan fingerprint density at radius 2 is 2.37 bits per heavy atom. The Morgan fingerprint density at radius 3 is 2.89 bits per heavy atom. The van der Waals surface area contributed by atoms with E-state index in [4.69, 9.17) is 11.6 Å². The molecule has 1 aromatic heterocycles. The monoisotopic (exact) mass is 281 g/mol. The fourth-order valence-corrected chi connectivity index (χ4v) is 1.98. The first-order chi connectivity index (χ1) is 9.04. The zero-order chi connectivity index (χ0) is 14.0. The van der Waals surface area contributed by atoms with E-state index in [9.17, 15) is 14.9 Å². The summed E-state index contributed by atoms with van der Waals surface area (Å²) in [5, 5.41) is 11.0. The molecule has 1 aromatic rings. The van der Waals surface area contributed by atoms with Gasteiger partial charge in [-0.15, -0.1) is 6.58 Å². The molecule has 19 heavy (non-hydrogen) atoms. The zero-order valence-electron chi connectivity index (χ0n) is 10.1. The molecule has 0 N–H and O–H groups in total. The van der Waals surface area contributed by atoms with Crippen LogP contribution in [0.1, 0.15) is 23.2 Å². The highest BCUT2D eigenvalue weighted by molar-refractivity contribution is 6.29. The van der Waals surface area contributed by atoms with Crippen molar-refractivity contribution >= 4 is 23.2 Å². The van der Waals surface area contributed by atoms with Crippen LogP contribution in [-0.4, -0.2) is 33.3 Å². The van der Waals surface area contributed by atoms with E-state index in [1.165, 1.54) is 6.07 Å². The molecule has 0 saturated heterocycles. The molecule has 0 radical (unpaired) electrons. The van der Waals surface area contributed by atoms with Crippen LogP contribution in [0.4, 0.5) is 5.69 Å². The average Bonchev–Trinajstić information content (AvgIpc) is 3.19. The van der Waals surface area contributed by atoms with E-state index in [-0.39, 0.29) is 22.4 Å². The largest absolute Gasteiger partial charge is 0.332 e. The molecule has 0 atom stereocenters. The highest BCUT2D eigenvalue weighted by atomic mass is 35.5. The summed E-state index contributed by atoms with van der Waals surface area (Å²) in [5.74, 6) is -0.404. The Labute approximate surface area is 114 Å². The Morgan fingerprint density at radius 1 is 1.68 bits per heavy atom. The lowest BCUT2D eigenvalue weighted by Gasteiger charge is -2.20. The summed E-state index contributed by atoms with van der Waals surface area (Å²) in [6.07, 6.45) is 4.43. The van der Waals surface area contributed by atoms with Gasteiger partial charge in [-0.05, 0) is 18.9 Å². The smallest absolute Gasteiger partial charge is 0.300 e. The molecule has 6 nitrogen and oxygen atoms in total. The van der Waals surface area contributed by atoms with Crippen LogP contribution in [0, 0.1) is 10.1 Å². The van der Waals surface area contributed by atoms with E-state index in [1.54, 1.807) is 11.0 Å². The molecule has 1 heterocycles. The van der Waals surface area contributed by atoms with Crippen molar-refractivity contribution in [2.75, 3.05) is 6.54 Å². The molecule has 1 fully saturated rings. The van der Waals surface area contributed by atoms with Crippen LogP contribution in [0.25, 0.3) is 0 Å². The Kier molecular flexibility index (Phi) is 3.80. The maximum atomic E-state index is 12.4. The predicted molar refractivity (Wildman–Crippen MR) is 70.2 cm³/mol. The summed E-state index contributed by atoms with van der Waals surface area (Å²) in [6.45, 7) is 3.96. The number of amides is 1. The number of pyridine rings is 1. The van der Waals surface area contributed by atoms with Gasteiger partial charge in [0.1, 0.15) is 16.9 Å². The van der Waals surface area contributed by atoms with Gasteiger partial charge in [0.15, 0.2) is 0 Å². The van der Waals surface area contributed by atoms with Gasteiger partial charge in [0.25, 0.3) is 11.6 Å². The second-order valence-electron chi connectivity index (χ2n) is 4.26. The SMILES string of the molecule is C=CCN(C(=O)c1cc(Cl)ncc1[N+](=O)[O-])C1CC1. The number of nitro groups is 1. The van der Waals surface area contributed by atoms with E-state index in [2.05, 4.69) is 11.6 Å². The molecule has 100 valence electrons. The Balaban J connectivity index is 2.38. The van der Waals surface area contributed by atoms with Crippen molar-refractivity contribution < 1.29 is 9.72 Å². The Bertz CT molecular complexity index is 543. The molecule has 1 aliphatic carbocycles. The van der Waals surface area contributed by atoms with Crippen molar-refractivity contribution in [3.63, 3.8) is 0 Å². The lowest BCUT2D eigenvalue weighted by atomic mass is 10.2. The summed E-state index contributed by atoms with van der Waals surface area (Å²) in [4.78, 5) is 27.9. The maximum Gasteiger partial charge on any atom is 0.300 e. The zero-order valence-corrected chi connectivity index (χ0v) is 10.8. The highest BCUT2D eigenvalue weighted by Gasteiger charge is 2.35. The number of carbonyl (C=O) groups excluding carboxylic acids is 1. The van der Waals surface area contributed by atoms with Gasteiger partial charge in [-0.2, -0.15) is 0 Å². The van der Waals surface area contributed by atoms with E-state index >= 15 is 0 Å². The maximum absolute atomic E-state index is 12.4. The van der Waals surface area contributed by atoms with E-state index in [0.717, 1.165) is 19.0 Å². The minimum absolute atomic E-state index is 0.0289. The second kappa shape index (κ2) is 5.36. The van der Waals surface area contributed by atoms with Gasteiger partial charge in [-0.25, -0.2) is 4.98 Å². The molecular formula is C12H12ClN3O3. The molecule has 0 bridgehead atoms. The number of aromatic nitrogens is 1. The third-order valence-corrected chi connectivity index (χ3v) is 3.06. The number of hydrogen-bond donors (Lipinski definition) is 0. The van der Waals surface area contributed by atoms with Gasteiger partial charge in [-0.1, -0.05) is 17.7 Å². The van der Waals surface area contributed by atoms with Crippen LogP contribution in [-0.2, 0) is 0 Å². The van der Waals surface area contributed by atoms with Crippen LogP contribution in [0.15, 0.2) is 24.9 Å². The molecule has 1 amide bonds. The van der Waals surface area contributed by atoms with Crippen molar-refractivity contribution in [3.8, 4) is 0 Å². The summed E-state index contributed by atoms with van der Waals surface area (Å²) in [6, 6.07) is 1.37. The van der Waals surface area contributed by atoms with E-state index in [1.807, 2.05) is 0 Å². The first kappa shape index (κ1) is 13.5. The third-order valence-electron chi connectivity index (χ3n) is 2.85. The van der Waals surface area contributed by atoms with Crippen molar-refractivity contribution in [1.82, 2.24) is 9.88 Å². The number of nitrogens with zero attached hydrogens (tertiary/aromatic N) is 3. The van der Waals surface area contributed by atoms with Crippen molar-refractivity contribution in [3.05, 3.63) is 45.7 Å². The number of halogens is 1. The van der Waals surface area contributed by atoms with Gasteiger partial charge >= 0.3 is 0 Å². The van der Waals surface area contributed by atoms with Gasteiger partial charge in [-0.3, -0.25) is 14.9 Å². The van der Waals surface area contributed by atoms with Crippen molar-refractivity contribution in [2.45, 2.75) is 18.9 Å². The fraction of sp³-hybridized carbons (Fsp3) is 0.333. The minimum Gasteiger partial charge on any atom is -0.332 e. The molecule has 1 saturated carbocycles. The summed E-state index contributed by atoms with van der Waals surface area (Å²) >= 11 is 5.72. The van der Waals surface area contributed by atoms with Crippen molar-refractivity contribution in [1.29, 1.82) is 0 Å². The van der Waals surface area contributed by atoms with Crippen LogP contribution in [0.2, 0.25) is 5.15 Å². The molecular weight excluding hydrogens is 270 g/mol. The summed E-state index contributed by atoms with van der Waals surface area (Å²) < 4.78 is 0. The van der Waals surface area contributed by atoms with Crippen LogP contribution in [0.3, 0.4) is 0 Å². The topological polar surface area (TPSA) is 76.3 Å². The quantitative estimate of drug-likeness (QED) is 0.359. The van der Waals surface area contributed by atoms with Gasteiger partial charge in [0.05, 0.1) is 4.92 Å². The molecule has 0 spiro atoms. The molecule has 7 heteroatoms. The average molecular weight is 282 g/mol. The second-order valence-corrected chi connectivity index (χ2v) is 4.65. The molecule has 2 rings (SSSR count). The first-order valence-electron chi connectivity index (χ1n) is 5.76. The summed E-state index contributed by atoms with van der Waals surface area (Å²) in [7, 11) is 0. The Hall–Kier alpha value is -1.95. The summed E-state index contributed by atoms with van der Waals surface area (Å²) in [5.41, 5.74) is -0.358. The fourth-order valence-electron chi connectivity index (χ4n) is 1.82. The van der Waals surface area contributed by atoms with Gasteiger partial charge in [0.2, 0.25) is 0 Å². The normalized spacial score (nSPS) is 13.9. The molecule has 0 unspecified atom stereocenters.